The van der Waals surface area contributed by atoms with Crippen LogP contribution in [0.1, 0.15) is 58.8 Å². The normalized spacial score (nSPS) is 32.6. The molecule has 2 atom stereocenters. The van der Waals surface area contributed by atoms with Crippen molar-refractivity contribution in [1.82, 2.24) is 10.2 Å². The second-order valence-corrected chi connectivity index (χ2v) is 6.60. The van der Waals surface area contributed by atoms with Crippen LogP contribution in [0.5, 0.6) is 0 Å². The monoisotopic (exact) mass is 296 g/mol. The van der Waals surface area contributed by atoms with Crippen LogP contribution in [0.4, 0.5) is 0 Å². The minimum atomic E-state index is -0.963. The average Bonchev–Trinajstić information content (AvgIpc) is 3.07. The molecule has 0 radical (unpaired) electrons. The SMILES string of the molecule is CCCC1(C(=O)N2CCCC2(CCC)C(=O)O)CCNC1. The summed E-state index contributed by atoms with van der Waals surface area (Å²) < 4.78 is 0. The van der Waals surface area contributed by atoms with Crippen LogP contribution >= 0.6 is 0 Å². The molecule has 0 aliphatic carbocycles. The Balaban J connectivity index is 2.29. The van der Waals surface area contributed by atoms with Crippen LogP contribution in [0, 0.1) is 5.41 Å². The standard InChI is InChI=1S/C16H28N2O3/c1-3-6-15(9-10-17-12-15)13(19)18-11-5-8-16(18,7-4-2)14(20)21/h17H,3-12H2,1-2H3,(H,20,21). The van der Waals surface area contributed by atoms with Crippen LogP contribution in [0.3, 0.4) is 0 Å². The van der Waals surface area contributed by atoms with E-state index in [1.54, 1.807) is 4.90 Å². The van der Waals surface area contributed by atoms with Gasteiger partial charge in [0.2, 0.25) is 5.91 Å². The number of carbonyl (C=O) groups excluding carboxylic acids is 1. The molecule has 2 saturated heterocycles. The average molecular weight is 296 g/mol. The molecule has 5 heteroatoms. The van der Waals surface area contributed by atoms with Gasteiger partial charge in [-0.25, -0.2) is 4.79 Å². The van der Waals surface area contributed by atoms with E-state index in [0.29, 0.717) is 25.9 Å². The third-order valence-electron chi connectivity index (χ3n) is 5.22. The first-order valence-corrected chi connectivity index (χ1v) is 8.28. The summed E-state index contributed by atoms with van der Waals surface area (Å²) in [5.74, 6) is -0.754. The van der Waals surface area contributed by atoms with Crippen LogP contribution in [0.15, 0.2) is 0 Å². The number of carboxylic acid groups (broad SMARTS) is 1. The molecule has 2 N–H and O–H groups in total. The van der Waals surface area contributed by atoms with Crippen molar-refractivity contribution in [3.05, 3.63) is 0 Å². The van der Waals surface area contributed by atoms with Gasteiger partial charge in [0.25, 0.3) is 0 Å². The third-order valence-corrected chi connectivity index (χ3v) is 5.22. The fraction of sp³-hybridized carbons (Fsp3) is 0.875. The van der Waals surface area contributed by atoms with E-state index in [-0.39, 0.29) is 11.3 Å². The Bertz CT molecular complexity index is 404. The zero-order valence-electron chi connectivity index (χ0n) is 13.3. The van der Waals surface area contributed by atoms with Crippen molar-refractivity contribution in [2.24, 2.45) is 5.41 Å². The zero-order chi connectivity index (χ0) is 15.5. The number of amides is 1. The summed E-state index contributed by atoms with van der Waals surface area (Å²) in [6.07, 6.45) is 5.37. The molecule has 0 aromatic rings. The maximum atomic E-state index is 13.2. The number of hydrogen-bond donors (Lipinski definition) is 2. The Morgan fingerprint density at radius 3 is 2.43 bits per heavy atom. The van der Waals surface area contributed by atoms with Crippen molar-refractivity contribution in [1.29, 1.82) is 0 Å². The topological polar surface area (TPSA) is 69.6 Å². The van der Waals surface area contributed by atoms with Gasteiger partial charge in [-0.1, -0.05) is 26.7 Å². The van der Waals surface area contributed by atoms with Gasteiger partial charge in [0.05, 0.1) is 5.41 Å². The molecule has 2 aliphatic heterocycles. The van der Waals surface area contributed by atoms with E-state index in [1.165, 1.54) is 0 Å². The van der Waals surface area contributed by atoms with Crippen LogP contribution in [0.25, 0.3) is 0 Å². The van der Waals surface area contributed by atoms with Crippen LogP contribution in [-0.4, -0.2) is 47.1 Å². The molecule has 0 saturated carbocycles. The number of carboxylic acids is 1. The number of rotatable bonds is 6. The van der Waals surface area contributed by atoms with E-state index in [9.17, 15) is 14.7 Å². The number of nitrogens with one attached hydrogen (secondary N) is 1. The highest BCUT2D eigenvalue weighted by Gasteiger charge is 2.54. The van der Waals surface area contributed by atoms with Gasteiger partial charge < -0.3 is 15.3 Å². The maximum absolute atomic E-state index is 13.2. The van der Waals surface area contributed by atoms with Gasteiger partial charge in [-0.3, -0.25) is 4.79 Å². The molecule has 0 bridgehead atoms. The Morgan fingerprint density at radius 2 is 1.90 bits per heavy atom. The number of hydrogen-bond acceptors (Lipinski definition) is 3. The predicted octanol–water partition coefficient (Wildman–Crippen LogP) is 2.01. The number of carbonyl (C=O) groups is 2. The first kappa shape index (κ1) is 16.3. The second kappa shape index (κ2) is 6.34. The number of likely N-dealkylation sites (tertiary alicyclic amines) is 1. The zero-order valence-corrected chi connectivity index (χ0v) is 13.3. The van der Waals surface area contributed by atoms with Crippen molar-refractivity contribution in [2.45, 2.75) is 64.3 Å². The lowest BCUT2D eigenvalue weighted by Gasteiger charge is -2.40. The molecule has 2 rings (SSSR count). The summed E-state index contributed by atoms with van der Waals surface area (Å²) >= 11 is 0. The molecular weight excluding hydrogens is 268 g/mol. The van der Waals surface area contributed by atoms with Crippen LogP contribution in [0.2, 0.25) is 0 Å². The number of aliphatic carboxylic acids is 1. The van der Waals surface area contributed by atoms with Crippen molar-refractivity contribution >= 4 is 11.9 Å². The van der Waals surface area contributed by atoms with Crippen molar-refractivity contribution in [3.63, 3.8) is 0 Å². The first-order chi connectivity index (χ1) is 10.0. The van der Waals surface area contributed by atoms with E-state index in [2.05, 4.69) is 12.2 Å². The first-order valence-electron chi connectivity index (χ1n) is 8.28. The number of nitrogens with zero attached hydrogens (tertiary/aromatic N) is 1. The lowest BCUT2D eigenvalue weighted by molar-refractivity contribution is -0.161. The maximum Gasteiger partial charge on any atom is 0.329 e. The molecule has 1 amide bonds. The highest BCUT2D eigenvalue weighted by molar-refractivity contribution is 5.91. The van der Waals surface area contributed by atoms with Gasteiger partial charge in [-0.05, 0) is 38.6 Å². The molecule has 0 aromatic carbocycles. The summed E-state index contributed by atoms with van der Waals surface area (Å²) in [6, 6.07) is 0. The molecule has 2 fully saturated rings. The third kappa shape index (κ3) is 2.68. The van der Waals surface area contributed by atoms with Gasteiger partial charge in [0.15, 0.2) is 0 Å². The second-order valence-electron chi connectivity index (χ2n) is 6.60. The quantitative estimate of drug-likeness (QED) is 0.786. The van der Waals surface area contributed by atoms with Crippen LogP contribution in [-0.2, 0) is 9.59 Å². The van der Waals surface area contributed by atoms with E-state index in [1.807, 2.05) is 6.92 Å². The largest absolute Gasteiger partial charge is 0.479 e. The minimum Gasteiger partial charge on any atom is -0.479 e. The van der Waals surface area contributed by atoms with Crippen LogP contribution < -0.4 is 5.32 Å². The molecule has 2 unspecified atom stereocenters. The van der Waals surface area contributed by atoms with Gasteiger partial charge in [0, 0.05) is 13.1 Å². The van der Waals surface area contributed by atoms with E-state index in [4.69, 9.17) is 0 Å². The van der Waals surface area contributed by atoms with E-state index < -0.39 is 11.5 Å². The predicted molar refractivity (Wildman–Crippen MR) is 81.0 cm³/mol. The van der Waals surface area contributed by atoms with E-state index >= 15 is 0 Å². The lowest BCUT2D eigenvalue weighted by Crippen LogP contribution is -2.57. The molecular formula is C16H28N2O3. The summed E-state index contributed by atoms with van der Waals surface area (Å²) in [5, 5.41) is 13.1. The minimum absolute atomic E-state index is 0.0719. The highest BCUT2D eigenvalue weighted by Crippen LogP contribution is 2.41. The molecule has 0 spiro atoms. The summed E-state index contributed by atoms with van der Waals surface area (Å²) in [5.41, 5.74) is -1.34. The molecule has 2 heterocycles. The Hall–Kier alpha value is -1.10. The fourth-order valence-electron chi connectivity index (χ4n) is 4.19. The molecule has 120 valence electrons. The molecule has 2 aliphatic rings. The van der Waals surface area contributed by atoms with Crippen molar-refractivity contribution in [2.75, 3.05) is 19.6 Å². The summed E-state index contributed by atoms with van der Waals surface area (Å²) in [6.45, 7) is 6.22. The van der Waals surface area contributed by atoms with Crippen molar-refractivity contribution in [3.8, 4) is 0 Å². The smallest absolute Gasteiger partial charge is 0.329 e. The molecule has 5 nitrogen and oxygen atoms in total. The molecule has 21 heavy (non-hydrogen) atoms. The highest BCUT2D eigenvalue weighted by atomic mass is 16.4. The Kier molecular flexibility index (Phi) is 4.91. The van der Waals surface area contributed by atoms with Gasteiger partial charge in [-0.2, -0.15) is 0 Å². The molecule has 0 aromatic heterocycles. The van der Waals surface area contributed by atoms with Gasteiger partial charge >= 0.3 is 5.97 Å². The van der Waals surface area contributed by atoms with Crippen molar-refractivity contribution < 1.29 is 14.7 Å². The van der Waals surface area contributed by atoms with Gasteiger partial charge in [0.1, 0.15) is 5.54 Å². The Labute approximate surface area is 127 Å². The van der Waals surface area contributed by atoms with E-state index in [0.717, 1.165) is 38.6 Å². The Morgan fingerprint density at radius 1 is 1.19 bits per heavy atom. The van der Waals surface area contributed by atoms with Gasteiger partial charge in [-0.15, -0.1) is 0 Å². The lowest BCUT2D eigenvalue weighted by atomic mass is 9.79. The summed E-state index contributed by atoms with van der Waals surface area (Å²) in [4.78, 5) is 26.8. The summed E-state index contributed by atoms with van der Waals surface area (Å²) in [7, 11) is 0. The fourth-order valence-corrected chi connectivity index (χ4v) is 4.19.